The highest BCUT2D eigenvalue weighted by atomic mass is 16.5. The monoisotopic (exact) mass is 299 g/mol. The highest BCUT2D eigenvalue weighted by molar-refractivity contribution is 5.83. The SMILES string of the molecule is CC(C)(C)OCCC(NC(=O)CCC1CCCC1)C(=O)O. The molecule has 1 saturated carbocycles. The number of ether oxygens (including phenoxy) is 1. The molecule has 0 bridgehead atoms. The molecule has 122 valence electrons. The first-order valence-corrected chi connectivity index (χ1v) is 7.94. The molecule has 2 N–H and O–H groups in total. The van der Waals surface area contributed by atoms with Gasteiger partial charge in [-0.25, -0.2) is 4.79 Å². The van der Waals surface area contributed by atoms with Crippen molar-refractivity contribution in [1.29, 1.82) is 0 Å². The molecule has 21 heavy (non-hydrogen) atoms. The van der Waals surface area contributed by atoms with Crippen molar-refractivity contribution in [1.82, 2.24) is 5.32 Å². The Morgan fingerprint density at radius 3 is 2.43 bits per heavy atom. The lowest BCUT2D eigenvalue weighted by Gasteiger charge is -2.21. The van der Waals surface area contributed by atoms with Gasteiger partial charge in [-0.05, 0) is 33.1 Å². The first kappa shape index (κ1) is 18.0. The van der Waals surface area contributed by atoms with Crippen LogP contribution in [0.25, 0.3) is 0 Å². The molecule has 0 aromatic rings. The number of aliphatic carboxylic acids is 1. The maximum absolute atomic E-state index is 11.9. The Morgan fingerprint density at radius 1 is 1.29 bits per heavy atom. The van der Waals surface area contributed by atoms with Crippen molar-refractivity contribution in [2.75, 3.05) is 6.61 Å². The van der Waals surface area contributed by atoms with Crippen molar-refractivity contribution in [3.63, 3.8) is 0 Å². The first-order valence-electron chi connectivity index (χ1n) is 7.94. The molecule has 0 aromatic carbocycles. The van der Waals surface area contributed by atoms with Crippen molar-refractivity contribution in [2.45, 2.75) is 77.4 Å². The molecular weight excluding hydrogens is 270 g/mol. The van der Waals surface area contributed by atoms with Crippen LogP contribution in [0.2, 0.25) is 0 Å². The third-order valence-electron chi connectivity index (χ3n) is 3.83. The van der Waals surface area contributed by atoms with Crippen LogP contribution in [0.15, 0.2) is 0 Å². The molecule has 0 aliphatic heterocycles. The number of hydrogen-bond donors (Lipinski definition) is 2. The second-order valence-electron chi connectivity index (χ2n) is 6.90. The number of rotatable bonds is 8. The van der Waals surface area contributed by atoms with Gasteiger partial charge in [0, 0.05) is 19.4 Å². The highest BCUT2D eigenvalue weighted by Crippen LogP contribution is 2.28. The molecule has 0 heterocycles. The van der Waals surface area contributed by atoms with E-state index in [0.29, 0.717) is 25.4 Å². The Labute approximate surface area is 127 Å². The highest BCUT2D eigenvalue weighted by Gasteiger charge is 2.22. The summed E-state index contributed by atoms with van der Waals surface area (Å²) in [6.45, 7) is 6.08. The Morgan fingerprint density at radius 2 is 1.90 bits per heavy atom. The minimum atomic E-state index is -0.998. The third kappa shape index (κ3) is 8.05. The molecule has 5 nitrogen and oxygen atoms in total. The molecule has 1 fully saturated rings. The lowest BCUT2D eigenvalue weighted by molar-refractivity contribution is -0.142. The van der Waals surface area contributed by atoms with Gasteiger partial charge in [-0.2, -0.15) is 0 Å². The van der Waals surface area contributed by atoms with E-state index in [4.69, 9.17) is 9.84 Å². The molecule has 1 rings (SSSR count). The molecule has 1 amide bonds. The number of hydrogen-bond acceptors (Lipinski definition) is 3. The van der Waals surface area contributed by atoms with Gasteiger partial charge in [0.1, 0.15) is 6.04 Å². The van der Waals surface area contributed by atoms with E-state index in [-0.39, 0.29) is 11.5 Å². The first-order chi connectivity index (χ1) is 9.78. The summed E-state index contributed by atoms with van der Waals surface area (Å²) in [7, 11) is 0. The van der Waals surface area contributed by atoms with E-state index in [1.54, 1.807) is 0 Å². The fraction of sp³-hybridized carbons (Fsp3) is 0.875. The van der Waals surface area contributed by atoms with E-state index in [2.05, 4.69) is 5.32 Å². The van der Waals surface area contributed by atoms with Gasteiger partial charge in [0.15, 0.2) is 0 Å². The van der Waals surface area contributed by atoms with Gasteiger partial charge in [-0.1, -0.05) is 25.7 Å². The van der Waals surface area contributed by atoms with Crippen LogP contribution in [0.4, 0.5) is 0 Å². The molecule has 1 aliphatic rings. The summed E-state index contributed by atoms with van der Waals surface area (Å²) in [6, 6.07) is -0.858. The van der Waals surface area contributed by atoms with E-state index in [0.717, 1.165) is 6.42 Å². The molecule has 0 radical (unpaired) electrons. The van der Waals surface area contributed by atoms with E-state index >= 15 is 0 Å². The van der Waals surface area contributed by atoms with Crippen molar-refractivity contribution in [3.8, 4) is 0 Å². The summed E-state index contributed by atoms with van der Waals surface area (Å²) < 4.78 is 5.52. The van der Waals surface area contributed by atoms with Crippen LogP contribution < -0.4 is 5.32 Å². The van der Waals surface area contributed by atoms with E-state index in [1.807, 2.05) is 20.8 Å². The molecule has 0 spiro atoms. The minimum absolute atomic E-state index is 0.162. The Hall–Kier alpha value is -1.10. The fourth-order valence-electron chi connectivity index (χ4n) is 2.64. The zero-order valence-electron chi connectivity index (χ0n) is 13.5. The summed E-state index contributed by atoms with van der Waals surface area (Å²) in [5, 5.41) is 11.8. The lowest BCUT2D eigenvalue weighted by Crippen LogP contribution is -2.42. The van der Waals surface area contributed by atoms with Gasteiger partial charge >= 0.3 is 5.97 Å². The standard InChI is InChI=1S/C16H29NO4/c1-16(2,3)21-11-10-13(15(19)20)17-14(18)9-8-12-6-4-5-7-12/h12-13H,4-11H2,1-3H3,(H,17,18)(H,19,20). The average molecular weight is 299 g/mol. The summed E-state index contributed by atoms with van der Waals surface area (Å²) in [5.74, 6) is -0.518. The Kier molecular flexibility index (Phi) is 7.15. The van der Waals surface area contributed by atoms with Gasteiger partial charge in [0.05, 0.1) is 5.60 Å². The zero-order chi connectivity index (χ0) is 15.9. The number of carboxylic acids is 1. The smallest absolute Gasteiger partial charge is 0.326 e. The molecule has 0 saturated heterocycles. The van der Waals surface area contributed by atoms with Crippen LogP contribution >= 0.6 is 0 Å². The van der Waals surface area contributed by atoms with E-state index in [1.165, 1.54) is 25.7 Å². The second kappa shape index (κ2) is 8.37. The predicted molar refractivity (Wildman–Crippen MR) is 81.1 cm³/mol. The summed E-state index contributed by atoms with van der Waals surface area (Å²) in [6.07, 6.45) is 6.51. The molecule has 1 atom stereocenters. The van der Waals surface area contributed by atoms with Crippen molar-refractivity contribution in [3.05, 3.63) is 0 Å². The van der Waals surface area contributed by atoms with E-state index < -0.39 is 12.0 Å². The lowest BCUT2D eigenvalue weighted by atomic mass is 10.0. The number of carbonyl (C=O) groups excluding carboxylic acids is 1. The quantitative estimate of drug-likeness (QED) is 0.722. The van der Waals surface area contributed by atoms with Crippen molar-refractivity contribution in [2.24, 2.45) is 5.92 Å². The molecule has 0 aromatic heterocycles. The molecule has 1 unspecified atom stereocenters. The minimum Gasteiger partial charge on any atom is -0.480 e. The number of amides is 1. The predicted octanol–water partition coefficient (Wildman–Crippen LogP) is 2.73. The normalized spacial score (nSPS) is 17.7. The number of carbonyl (C=O) groups is 2. The largest absolute Gasteiger partial charge is 0.480 e. The van der Waals surface area contributed by atoms with Gasteiger partial charge in [0.25, 0.3) is 0 Å². The number of nitrogens with one attached hydrogen (secondary N) is 1. The molecule has 1 aliphatic carbocycles. The van der Waals surface area contributed by atoms with Gasteiger partial charge in [0.2, 0.25) is 5.91 Å². The Balaban J connectivity index is 2.28. The molecular formula is C16H29NO4. The van der Waals surface area contributed by atoms with Crippen LogP contribution in [-0.4, -0.2) is 35.2 Å². The van der Waals surface area contributed by atoms with Gasteiger partial charge in [-0.15, -0.1) is 0 Å². The van der Waals surface area contributed by atoms with Crippen molar-refractivity contribution < 1.29 is 19.4 Å². The van der Waals surface area contributed by atoms with Crippen LogP contribution in [-0.2, 0) is 14.3 Å². The van der Waals surface area contributed by atoms with Gasteiger partial charge < -0.3 is 15.2 Å². The average Bonchev–Trinajstić information content (AvgIpc) is 2.86. The third-order valence-corrected chi connectivity index (χ3v) is 3.83. The number of carboxylic acid groups (broad SMARTS) is 1. The second-order valence-corrected chi connectivity index (χ2v) is 6.90. The zero-order valence-corrected chi connectivity index (χ0v) is 13.5. The van der Waals surface area contributed by atoms with Crippen LogP contribution in [0, 0.1) is 5.92 Å². The summed E-state index contributed by atoms with van der Waals surface area (Å²) in [5.41, 5.74) is -0.296. The van der Waals surface area contributed by atoms with Crippen molar-refractivity contribution >= 4 is 11.9 Å². The summed E-state index contributed by atoms with van der Waals surface area (Å²) in [4.78, 5) is 23.0. The molecule has 5 heteroatoms. The fourth-order valence-corrected chi connectivity index (χ4v) is 2.64. The maximum Gasteiger partial charge on any atom is 0.326 e. The van der Waals surface area contributed by atoms with Crippen LogP contribution in [0.1, 0.15) is 65.7 Å². The van der Waals surface area contributed by atoms with E-state index in [9.17, 15) is 9.59 Å². The topological polar surface area (TPSA) is 75.6 Å². The Bertz CT molecular complexity index is 343. The maximum atomic E-state index is 11.9. The van der Waals surface area contributed by atoms with Gasteiger partial charge in [-0.3, -0.25) is 4.79 Å². The van der Waals surface area contributed by atoms with Crippen LogP contribution in [0.5, 0.6) is 0 Å². The van der Waals surface area contributed by atoms with Crippen LogP contribution in [0.3, 0.4) is 0 Å². The summed E-state index contributed by atoms with van der Waals surface area (Å²) >= 11 is 0.